The van der Waals surface area contributed by atoms with Crippen LogP contribution in [-0.4, -0.2) is 61.6 Å². The summed E-state index contributed by atoms with van der Waals surface area (Å²) in [6.07, 6.45) is 5.34. The van der Waals surface area contributed by atoms with Gasteiger partial charge in [0.05, 0.1) is 12.6 Å². The normalized spacial score (nSPS) is 17.4. The molecule has 3 unspecified atom stereocenters. The van der Waals surface area contributed by atoms with Gasteiger partial charge in [-0.15, -0.1) is 0 Å². The van der Waals surface area contributed by atoms with E-state index in [0.717, 1.165) is 29.9 Å². The molecular formula is C38H57N5O4. The number of aldehydes is 1. The van der Waals surface area contributed by atoms with E-state index in [0.29, 0.717) is 18.2 Å². The van der Waals surface area contributed by atoms with E-state index in [2.05, 4.69) is 83.5 Å². The number of hydrogen-bond donors (Lipinski definition) is 3. The molecule has 1 saturated carbocycles. The molecule has 1 aliphatic heterocycles. The van der Waals surface area contributed by atoms with E-state index < -0.39 is 6.04 Å². The predicted molar refractivity (Wildman–Crippen MR) is 190 cm³/mol. The Kier molecular flexibility index (Phi) is 17.5. The van der Waals surface area contributed by atoms with Crippen LogP contribution >= 0.6 is 0 Å². The number of para-hydroxylation sites is 1. The summed E-state index contributed by atoms with van der Waals surface area (Å²) in [4.78, 5) is 45.4. The number of likely N-dealkylation sites (tertiary alicyclic amines) is 1. The molecule has 3 atom stereocenters. The van der Waals surface area contributed by atoms with Crippen molar-refractivity contribution >= 4 is 30.2 Å². The summed E-state index contributed by atoms with van der Waals surface area (Å²) in [6.45, 7) is 17.5. The third kappa shape index (κ3) is 17.9. The lowest BCUT2D eigenvalue weighted by Crippen LogP contribution is -2.40. The number of benzene rings is 2. The molecule has 9 heteroatoms. The van der Waals surface area contributed by atoms with Crippen LogP contribution < -0.4 is 16.0 Å². The van der Waals surface area contributed by atoms with Crippen LogP contribution in [-0.2, 0) is 19.8 Å². The fourth-order valence-corrected chi connectivity index (χ4v) is 4.54. The first-order valence-corrected chi connectivity index (χ1v) is 16.5. The first-order chi connectivity index (χ1) is 22.0. The van der Waals surface area contributed by atoms with Gasteiger partial charge in [-0.05, 0) is 66.3 Å². The molecule has 2 aliphatic rings. The molecule has 3 N–H and O–H groups in total. The fraction of sp³-hybridized carbons (Fsp3) is 0.553. The van der Waals surface area contributed by atoms with E-state index in [1.54, 1.807) is 0 Å². The molecule has 2 fully saturated rings. The number of nitrogens with zero attached hydrogens (tertiary/aromatic N) is 2. The maximum absolute atomic E-state index is 12.1. The predicted octanol–water partition coefficient (Wildman–Crippen LogP) is 6.36. The van der Waals surface area contributed by atoms with E-state index in [1.807, 2.05) is 55.6 Å². The van der Waals surface area contributed by atoms with Gasteiger partial charge in [-0.25, -0.2) is 0 Å². The number of rotatable bonds is 9. The van der Waals surface area contributed by atoms with Crippen molar-refractivity contribution in [3.63, 3.8) is 0 Å². The SMILES string of the molecule is CC(C)(C)C.CC(CC1CC1)NC(=O)c1ccc(C(C)(C)C)cc1.CNc1ccccc1.N#CC1CC(C=O)CN1C(=O)CNC=O. The van der Waals surface area contributed by atoms with Crippen molar-refractivity contribution in [2.75, 3.05) is 25.5 Å². The highest BCUT2D eigenvalue weighted by Gasteiger charge is 2.34. The van der Waals surface area contributed by atoms with Crippen molar-refractivity contribution in [2.45, 2.75) is 98.6 Å². The highest BCUT2D eigenvalue weighted by molar-refractivity contribution is 5.94. The standard InChI is InChI=1S/C17H25NO.C9H11N3O3.C7H9N.C5H12/c1-12(11-13-5-6-13)18-16(19)14-7-9-15(10-8-14)17(2,3)4;10-2-8-1-7(5-13)4-12(8)9(15)3-11-6-14;1-8-7-5-3-2-4-6-7;1-5(2,3)4/h7-10,12-13H,5-6,11H2,1-4H3,(H,18,19);5-8H,1,3-4H2,(H,11,14);2-6,8H,1H3;1-4H3. The van der Waals surface area contributed by atoms with Gasteiger partial charge < -0.3 is 25.6 Å². The van der Waals surface area contributed by atoms with Crippen LogP contribution in [0.3, 0.4) is 0 Å². The summed E-state index contributed by atoms with van der Waals surface area (Å²) in [7, 11) is 1.91. The lowest BCUT2D eigenvalue weighted by Gasteiger charge is -2.19. The maximum Gasteiger partial charge on any atom is 0.251 e. The minimum Gasteiger partial charge on any atom is -0.388 e. The van der Waals surface area contributed by atoms with Crippen LogP contribution in [0.1, 0.15) is 97.0 Å². The zero-order valence-electron chi connectivity index (χ0n) is 29.9. The van der Waals surface area contributed by atoms with Gasteiger partial charge in [0.1, 0.15) is 12.3 Å². The molecule has 2 aromatic carbocycles. The smallest absolute Gasteiger partial charge is 0.251 e. The molecule has 0 bridgehead atoms. The summed E-state index contributed by atoms with van der Waals surface area (Å²) in [5.74, 6) is 0.292. The van der Waals surface area contributed by atoms with E-state index in [9.17, 15) is 19.2 Å². The number of anilines is 1. The van der Waals surface area contributed by atoms with E-state index in [4.69, 9.17) is 5.26 Å². The van der Waals surface area contributed by atoms with Crippen LogP contribution in [0, 0.1) is 28.6 Å². The van der Waals surface area contributed by atoms with Gasteiger partial charge in [-0.3, -0.25) is 14.4 Å². The summed E-state index contributed by atoms with van der Waals surface area (Å²) < 4.78 is 0. The molecule has 0 aromatic heterocycles. The average Bonchev–Trinajstić information content (AvgIpc) is 3.73. The molecule has 47 heavy (non-hydrogen) atoms. The van der Waals surface area contributed by atoms with Crippen LogP contribution in [0.25, 0.3) is 0 Å². The van der Waals surface area contributed by atoms with Crippen LogP contribution in [0.5, 0.6) is 0 Å². The van der Waals surface area contributed by atoms with Crippen molar-refractivity contribution in [2.24, 2.45) is 17.3 Å². The van der Waals surface area contributed by atoms with Crippen molar-refractivity contribution in [1.29, 1.82) is 5.26 Å². The molecule has 2 aromatic rings. The Hall–Kier alpha value is -4.19. The molecule has 258 valence electrons. The molecule has 4 rings (SSSR count). The van der Waals surface area contributed by atoms with E-state index in [1.165, 1.54) is 23.3 Å². The number of carbonyl (C=O) groups is 4. The molecular weight excluding hydrogens is 590 g/mol. The van der Waals surface area contributed by atoms with E-state index in [-0.39, 0.29) is 42.3 Å². The second-order valence-electron chi connectivity index (χ2n) is 14.8. The van der Waals surface area contributed by atoms with E-state index >= 15 is 0 Å². The van der Waals surface area contributed by atoms with Crippen molar-refractivity contribution in [3.05, 3.63) is 65.7 Å². The lowest BCUT2D eigenvalue weighted by atomic mass is 9.86. The topological polar surface area (TPSA) is 131 Å². The van der Waals surface area contributed by atoms with Gasteiger partial charge in [0.2, 0.25) is 12.3 Å². The zero-order chi connectivity index (χ0) is 35.6. The lowest BCUT2D eigenvalue weighted by molar-refractivity contribution is -0.131. The molecule has 1 aliphatic carbocycles. The summed E-state index contributed by atoms with van der Waals surface area (Å²) in [6, 6.07) is 19.7. The Labute approximate surface area is 282 Å². The highest BCUT2D eigenvalue weighted by atomic mass is 16.2. The zero-order valence-corrected chi connectivity index (χ0v) is 29.9. The molecule has 0 radical (unpaired) electrons. The number of carbonyl (C=O) groups excluding carboxylic acids is 4. The first-order valence-electron chi connectivity index (χ1n) is 16.5. The Bertz CT molecular complexity index is 1270. The largest absolute Gasteiger partial charge is 0.388 e. The Morgan fingerprint density at radius 3 is 1.98 bits per heavy atom. The molecule has 0 spiro atoms. The highest BCUT2D eigenvalue weighted by Crippen LogP contribution is 2.33. The minimum atomic E-state index is -0.554. The quantitative estimate of drug-likeness (QED) is 0.272. The number of hydrogen-bond acceptors (Lipinski definition) is 6. The fourth-order valence-electron chi connectivity index (χ4n) is 4.54. The Morgan fingerprint density at radius 1 is 0.979 bits per heavy atom. The number of nitrogens with one attached hydrogen (secondary N) is 3. The second-order valence-corrected chi connectivity index (χ2v) is 14.8. The summed E-state index contributed by atoms with van der Waals surface area (Å²) in [5, 5.41) is 17.1. The van der Waals surface area contributed by atoms with Gasteiger partial charge in [-0.1, -0.05) is 91.6 Å². The van der Waals surface area contributed by atoms with Crippen LogP contribution in [0.15, 0.2) is 54.6 Å². The molecule has 9 nitrogen and oxygen atoms in total. The third-order valence-corrected chi connectivity index (χ3v) is 7.17. The molecule has 3 amide bonds. The van der Waals surface area contributed by atoms with Crippen LogP contribution in [0.4, 0.5) is 5.69 Å². The van der Waals surface area contributed by atoms with Gasteiger partial charge in [0, 0.05) is 36.8 Å². The number of nitriles is 1. The average molecular weight is 648 g/mol. The molecule has 1 saturated heterocycles. The Morgan fingerprint density at radius 2 is 1.55 bits per heavy atom. The molecule has 1 heterocycles. The van der Waals surface area contributed by atoms with Crippen molar-refractivity contribution in [3.8, 4) is 6.07 Å². The van der Waals surface area contributed by atoms with Gasteiger partial charge in [-0.2, -0.15) is 5.26 Å². The van der Waals surface area contributed by atoms with Crippen molar-refractivity contribution < 1.29 is 19.2 Å². The van der Waals surface area contributed by atoms with Gasteiger partial charge >= 0.3 is 0 Å². The maximum atomic E-state index is 12.1. The monoisotopic (exact) mass is 647 g/mol. The van der Waals surface area contributed by atoms with Gasteiger partial charge in [0.25, 0.3) is 5.91 Å². The van der Waals surface area contributed by atoms with Crippen molar-refractivity contribution in [1.82, 2.24) is 15.5 Å². The second kappa shape index (κ2) is 20.1. The van der Waals surface area contributed by atoms with Gasteiger partial charge in [0.15, 0.2) is 0 Å². The summed E-state index contributed by atoms with van der Waals surface area (Å²) in [5.41, 5.74) is 3.81. The van der Waals surface area contributed by atoms with Crippen LogP contribution in [0.2, 0.25) is 0 Å². The summed E-state index contributed by atoms with van der Waals surface area (Å²) >= 11 is 0. The third-order valence-electron chi connectivity index (χ3n) is 7.17. The minimum absolute atomic E-state index is 0.0496. The first kappa shape index (κ1) is 40.8. The number of amides is 3. The Balaban J connectivity index is 0.000000349.